The van der Waals surface area contributed by atoms with Crippen LogP contribution >= 0.6 is 0 Å². The minimum absolute atomic E-state index is 0.0128. The molecule has 0 aliphatic carbocycles. The molecular formula is C13H26N2O2. The average molecular weight is 242 g/mol. The Kier molecular flexibility index (Phi) is 5.40. The number of nitrogens with two attached hydrogens (primary N) is 1. The number of carbonyl (C=O) groups is 1. The Bertz CT molecular complexity index is 254. The van der Waals surface area contributed by atoms with Crippen LogP contribution in [0, 0.1) is 0 Å². The topological polar surface area (TPSA) is 64.4 Å². The van der Waals surface area contributed by atoms with Gasteiger partial charge < -0.3 is 15.8 Å². The predicted molar refractivity (Wildman–Crippen MR) is 68.7 cm³/mol. The Labute approximate surface area is 104 Å². The molecule has 0 aromatic carbocycles. The Morgan fingerprint density at radius 3 is 2.88 bits per heavy atom. The van der Waals surface area contributed by atoms with E-state index in [1.807, 2.05) is 0 Å². The predicted octanol–water partition coefficient (Wildman–Crippen LogP) is 1.58. The van der Waals surface area contributed by atoms with E-state index in [1.54, 1.807) is 0 Å². The van der Waals surface area contributed by atoms with Crippen LogP contribution in [-0.4, -0.2) is 30.2 Å². The van der Waals surface area contributed by atoms with Crippen LogP contribution in [0.5, 0.6) is 0 Å². The fourth-order valence-electron chi connectivity index (χ4n) is 2.22. The summed E-state index contributed by atoms with van der Waals surface area (Å²) in [5, 5.41) is 3.04. The maximum absolute atomic E-state index is 11.9. The van der Waals surface area contributed by atoms with Crippen molar-refractivity contribution in [2.75, 3.05) is 6.61 Å². The van der Waals surface area contributed by atoms with Crippen LogP contribution in [0.1, 0.15) is 52.9 Å². The number of nitrogens with one attached hydrogen (secondary N) is 1. The molecule has 0 spiro atoms. The minimum atomic E-state index is -0.360. The monoisotopic (exact) mass is 242 g/mol. The first-order valence-electron chi connectivity index (χ1n) is 6.64. The lowest BCUT2D eigenvalue weighted by Gasteiger charge is -2.36. The van der Waals surface area contributed by atoms with Gasteiger partial charge >= 0.3 is 0 Å². The summed E-state index contributed by atoms with van der Waals surface area (Å²) in [5.41, 5.74) is 5.71. The molecule has 3 N–H and O–H groups in total. The molecule has 1 amide bonds. The maximum atomic E-state index is 11.9. The van der Waals surface area contributed by atoms with Crippen molar-refractivity contribution in [2.24, 2.45) is 5.73 Å². The van der Waals surface area contributed by atoms with Crippen molar-refractivity contribution in [3.63, 3.8) is 0 Å². The van der Waals surface area contributed by atoms with Gasteiger partial charge in [-0.15, -0.1) is 0 Å². The molecule has 0 aromatic rings. The fourth-order valence-corrected chi connectivity index (χ4v) is 2.22. The van der Waals surface area contributed by atoms with Gasteiger partial charge in [0.1, 0.15) is 0 Å². The van der Waals surface area contributed by atoms with Gasteiger partial charge in [-0.3, -0.25) is 4.79 Å². The number of ether oxygens (including phenoxy) is 1. The molecule has 0 bridgehead atoms. The van der Waals surface area contributed by atoms with Gasteiger partial charge in [-0.25, -0.2) is 0 Å². The highest BCUT2D eigenvalue weighted by Crippen LogP contribution is 2.23. The average Bonchev–Trinajstić information content (AvgIpc) is 2.24. The zero-order valence-electron chi connectivity index (χ0n) is 11.3. The first kappa shape index (κ1) is 14.5. The summed E-state index contributed by atoms with van der Waals surface area (Å²) in [6.45, 7) is 6.93. The second-order valence-electron chi connectivity index (χ2n) is 5.56. The number of carbonyl (C=O) groups excluding carboxylic acids is 1. The van der Waals surface area contributed by atoms with Crippen molar-refractivity contribution < 1.29 is 9.53 Å². The van der Waals surface area contributed by atoms with Crippen LogP contribution in [0.15, 0.2) is 0 Å². The highest BCUT2D eigenvalue weighted by atomic mass is 16.5. The van der Waals surface area contributed by atoms with E-state index in [4.69, 9.17) is 10.5 Å². The first-order valence-corrected chi connectivity index (χ1v) is 6.64. The van der Waals surface area contributed by atoms with Gasteiger partial charge in [0.15, 0.2) is 0 Å². The van der Waals surface area contributed by atoms with Crippen molar-refractivity contribution in [1.82, 2.24) is 5.32 Å². The van der Waals surface area contributed by atoms with Crippen LogP contribution < -0.4 is 11.1 Å². The maximum Gasteiger partial charge on any atom is 0.237 e. The lowest BCUT2D eigenvalue weighted by atomic mass is 9.93. The third-order valence-corrected chi connectivity index (χ3v) is 3.25. The number of hydrogen-bond acceptors (Lipinski definition) is 3. The summed E-state index contributed by atoms with van der Waals surface area (Å²) in [6, 6.07) is -0.153. The lowest BCUT2D eigenvalue weighted by Crippen LogP contribution is -2.50. The molecule has 2 atom stereocenters. The third-order valence-electron chi connectivity index (χ3n) is 3.25. The van der Waals surface area contributed by atoms with E-state index < -0.39 is 0 Å². The van der Waals surface area contributed by atoms with Gasteiger partial charge in [0.25, 0.3) is 0 Å². The zero-order valence-corrected chi connectivity index (χ0v) is 11.3. The standard InChI is InChI=1S/C13H26N2O2/c1-4-5-6-11(14)12(16)15-10-7-8-17-13(2,3)9-10/h10-11H,4-9,14H2,1-3H3,(H,15,16)/t10?,11-/m0/s1. The van der Waals surface area contributed by atoms with Crippen LogP contribution in [0.4, 0.5) is 0 Å². The van der Waals surface area contributed by atoms with Crippen molar-refractivity contribution >= 4 is 5.91 Å². The lowest BCUT2D eigenvalue weighted by molar-refractivity contribution is -0.125. The van der Waals surface area contributed by atoms with Crippen molar-refractivity contribution in [2.45, 2.75) is 70.6 Å². The summed E-state index contributed by atoms with van der Waals surface area (Å²) < 4.78 is 5.62. The molecule has 1 fully saturated rings. The Balaban J connectivity index is 2.35. The number of unbranched alkanes of at least 4 members (excludes halogenated alkanes) is 1. The Morgan fingerprint density at radius 1 is 1.59 bits per heavy atom. The largest absolute Gasteiger partial charge is 0.375 e. The van der Waals surface area contributed by atoms with Gasteiger partial charge in [-0.2, -0.15) is 0 Å². The molecule has 100 valence electrons. The smallest absolute Gasteiger partial charge is 0.237 e. The van der Waals surface area contributed by atoms with E-state index in [9.17, 15) is 4.79 Å². The number of amides is 1. The second kappa shape index (κ2) is 6.36. The SMILES string of the molecule is CCCC[C@H](N)C(=O)NC1CCOC(C)(C)C1. The van der Waals surface area contributed by atoms with Crippen LogP contribution in [0.3, 0.4) is 0 Å². The minimum Gasteiger partial charge on any atom is -0.375 e. The third kappa shape index (κ3) is 5.04. The summed E-state index contributed by atoms with van der Waals surface area (Å²) >= 11 is 0. The molecular weight excluding hydrogens is 216 g/mol. The number of rotatable bonds is 5. The molecule has 4 nitrogen and oxygen atoms in total. The fraction of sp³-hybridized carbons (Fsp3) is 0.923. The molecule has 0 radical (unpaired) electrons. The first-order chi connectivity index (χ1) is 7.94. The van der Waals surface area contributed by atoms with Crippen molar-refractivity contribution in [1.29, 1.82) is 0 Å². The molecule has 0 saturated carbocycles. The Morgan fingerprint density at radius 2 is 2.29 bits per heavy atom. The van der Waals surface area contributed by atoms with E-state index in [1.165, 1.54) is 0 Å². The van der Waals surface area contributed by atoms with Gasteiger partial charge in [-0.05, 0) is 33.1 Å². The molecule has 1 unspecified atom stereocenters. The molecule has 1 aliphatic rings. The molecule has 1 heterocycles. The van der Waals surface area contributed by atoms with Crippen molar-refractivity contribution in [3.05, 3.63) is 0 Å². The Hall–Kier alpha value is -0.610. The molecule has 1 rings (SSSR count). The normalized spacial score (nSPS) is 25.3. The zero-order chi connectivity index (χ0) is 12.9. The van der Waals surface area contributed by atoms with E-state index in [0.717, 1.165) is 32.1 Å². The van der Waals surface area contributed by atoms with E-state index >= 15 is 0 Å². The summed E-state index contributed by atoms with van der Waals surface area (Å²) in [5.74, 6) is -0.0128. The van der Waals surface area contributed by atoms with Gasteiger partial charge in [-0.1, -0.05) is 19.8 Å². The van der Waals surface area contributed by atoms with Crippen molar-refractivity contribution in [3.8, 4) is 0 Å². The molecule has 0 aromatic heterocycles. The van der Waals surface area contributed by atoms with Crippen LogP contribution in [-0.2, 0) is 9.53 Å². The molecule has 17 heavy (non-hydrogen) atoms. The quantitative estimate of drug-likeness (QED) is 0.769. The second-order valence-corrected chi connectivity index (χ2v) is 5.56. The summed E-state index contributed by atoms with van der Waals surface area (Å²) in [4.78, 5) is 11.9. The van der Waals surface area contributed by atoms with E-state index in [-0.39, 0.29) is 23.6 Å². The van der Waals surface area contributed by atoms with Gasteiger partial charge in [0, 0.05) is 12.6 Å². The van der Waals surface area contributed by atoms with E-state index in [2.05, 4.69) is 26.1 Å². The molecule has 4 heteroatoms. The van der Waals surface area contributed by atoms with Gasteiger partial charge in [0.2, 0.25) is 5.91 Å². The van der Waals surface area contributed by atoms with Gasteiger partial charge in [0.05, 0.1) is 11.6 Å². The highest BCUT2D eigenvalue weighted by molar-refractivity contribution is 5.81. The molecule has 1 saturated heterocycles. The summed E-state index contributed by atoms with van der Waals surface area (Å²) in [6.07, 6.45) is 4.60. The number of hydrogen-bond donors (Lipinski definition) is 2. The van der Waals surface area contributed by atoms with Crippen LogP contribution in [0.25, 0.3) is 0 Å². The highest BCUT2D eigenvalue weighted by Gasteiger charge is 2.30. The van der Waals surface area contributed by atoms with E-state index in [0.29, 0.717) is 6.61 Å². The van der Waals surface area contributed by atoms with Crippen LogP contribution in [0.2, 0.25) is 0 Å². The molecule has 1 aliphatic heterocycles. The summed E-state index contributed by atoms with van der Waals surface area (Å²) in [7, 11) is 0.